The van der Waals surface area contributed by atoms with Gasteiger partial charge in [-0.05, 0) is 92.1 Å². The summed E-state index contributed by atoms with van der Waals surface area (Å²) in [6.45, 7) is 11.1. The highest BCUT2D eigenvalue weighted by atomic mass is 32.1. The van der Waals surface area contributed by atoms with E-state index in [0.717, 1.165) is 48.3 Å². The first kappa shape index (κ1) is 28.0. The van der Waals surface area contributed by atoms with Gasteiger partial charge in [0.1, 0.15) is 5.01 Å². The maximum Gasteiger partial charge on any atom is 0.102 e. The zero-order chi connectivity index (χ0) is 27.1. The average molecular weight is 538 g/mol. The van der Waals surface area contributed by atoms with Crippen molar-refractivity contribution in [2.24, 2.45) is 23.2 Å². The molecule has 3 N–H and O–H groups in total. The average Bonchev–Trinajstić information content (AvgIpc) is 3.42. The summed E-state index contributed by atoms with van der Waals surface area (Å²) in [7, 11) is 0. The number of rotatable bonds is 8. The second-order valence-electron chi connectivity index (χ2n) is 12.9. The number of aliphatic hydroxyl groups excluding tert-OH is 3. The normalized spacial score (nSPS) is 36.6. The maximum atomic E-state index is 11.2. The lowest BCUT2D eigenvalue weighted by Crippen LogP contribution is -2.35. The molecule has 38 heavy (non-hydrogen) atoms. The van der Waals surface area contributed by atoms with Crippen LogP contribution >= 0.6 is 11.3 Å². The second kappa shape index (κ2) is 11.2. The van der Waals surface area contributed by atoms with Crippen molar-refractivity contribution in [2.75, 3.05) is 0 Å². The number of nitrogens with zero attached hydrogens (tertiary/aromatic N) is 1. The number of hydrogen-bond acceptors (Lipinski definition) is 5. The molecule has 0 bridgehead atoms. The van der Waals surface area contributed by atoms with E-state index >= 15 is 0 Å². The van der Waals surface area contributed by atoms with E-state index in [0.29, 0.717) is 30.6 Å². The van der Waals surface area contributed by atoms with Gasteiger partial charge in [-0.3, -0.25) is 0 Å². The van der Waals surface area contributed by atoms with Gasteiger partial charge in [-0.15, -0.1) is 11.3 Å². The van der Waals surface area contributed by atoms with E-state index < -0.39 is 18.3 Å². The summed E-state index contributed by atoms with van der Waals surface area (Å²) in [5.74, 6) is 1.60. The van der Waals surface area contributed by atoms with Crippen LogP contribution in [0.4, 0.5) is 0 Å². The molecule has 0 unspecified atom stereocenters. The predicted molar refractivity (Wildman–Crippen MR) is 156 cm³/mol. The van der Waals surface area contributed by atoms with Crippen LogP contribution in [0, 0.1) is 23.2 Å². The van der Waals surface area contributed by atoms with Crippen LogP contribution in [0.5, 0.6) is 0 Å². The number of aliphatic hydroxyl groups is 3. The van der Waals surface area contributed by atoms with Gasteiger partial charge < -0.3 is 15.3 Å². The third kappa shape index (κ3) is 5.29. The molecule has 0 spiro atoms. The van der Waals surface area contributed by atoms with Crippen molar-refractivity contribution in [3.63, 3.8) is 0 Å². The molecule has 5 rings (SSSR count). The van der Waals surface area contributed by atoms with Gasteiger partial charge in [0.15, 0.2) is 0 Å². The summed E-state index contributed by atoms with van der Waals surface area (Å²) in [4.78, 5) is 4.88. The Labute approximate surface area is 233 Å². The summed E-state index contributed by atoms with van der Waals surface area (Å²) in [5.41, 5.74) is 4.56. The van der Waals surface area contributed by atoms with E-state index in [1.165, 1.54) is 37.0 Å². The minimum Gasteiger partial charge on any atom is -0.393 e. The van der Waals surface area contributed by atoms with Gasteiger partial charge in [-0.2, -0.15) is 0 Å². The summed E-state index contributed by atoms with van der Waals surface area (Å²) in [6, 6.07) is 0. The molecule has 0 aromatic carbocycles. The quantitative estimate of drug-likeness (QED) is 0.318. The second-order valence-corrected chi connectivity index (χ2v) is 13.8. The van der Waals surface area contributed by atoms with Crippen molar-refractivity contribution in [1.82, 2.24) is 4.98 Å². The van der Waals surface area contributed by atoms with Crippen molar-refractivity contribution in [1.29, 1.82) is 0 Å². The Morgan fingerprint density at radius 3 is 2.71 bits per heavy atom. The minimum absolute atomic E-state index is 0.159. The third-order valence-electron chi connectivity index (χ3n) is 10.4. The molecule has 5 heteroatoms. The van der Waals surface area contributed by atoms with Crippen LogP contribution in [-0.4, -0.2) is 38.6 Å². The molecular formula is C33H47NO3S. The van der Waals surface area contributed by atoms with Crippen molar-refractivity contribution in [3.05, 3.63) is 63.7 Å². The summed E-state index contributed by atoms with van der Waals surface area (Å²) >= 11 is 1.73. The van der Waals surface area contributed by atoms with E-state index in [9.17, 15) is 15.3 Å². The highest BCUT2D eigenvalue weighted by Crippen LogP contribution is 2.60. The number of thiazole rings is 1. The van der Waals surface area contributed by atoms with Crippen LogP contribution in [-0.2, 0) is 11.8 Å². The molecule has 1 heterocycles. The van der Waals surface area contributed by atoms with Crippen molar-refractivity contribution >= 4 is 11.3 Å². The first-order valence-electron chi connectivity index (χ1n) is 14.9. The van der Waals surface area contributed by atoms with Gasteiger partial charge in [-0.1, -0.05) is 63.6 Å². The Kier molecular flexibility index (Phi) is 8.22. The van der Waals surface area contributed by atoms with Gasteiger partial charge in [0.25, 0.3) is 0 Å². The molecule has 1 aromatic heterocycles. The number of hydrogen-bond donors (Lipinski definition) is 3. The van der Waals surface area contributed by atoms with Crippen molar-refractivity contribution in [3.8, 4) is 0 Å². The van der Waals surface area contributed by atoms with E-state index in [2.05, 4.69) is 57.0 Å². The molecule has 4 saturated carbocycles. The van der Waals surface area contributed by atoms with Crippen LogP contribution in [0.3, 0.4) is 0 Å². The molecule has 4 aliphatic carbocycles. The van der Waals surface area contributed by atoms with Crippen LogP contribution in [0.1, 0.15) is 95.7 Å². The smallest absolute Gasteiger partial charge is 0.102 e. The van der Waals surface area contributed by atoms with Crippen molar-refractivity contribution in [2.45, 2.75) is 115 Å². The standard InChI is InChI=1S/C33H47NO3S/c1-5-7-25-20-38-31(34-25)33(16-17-33)30(37)14-9-21(2)27-12-13-28-23(8-6-15-32(27,28)4)10-11-24-18-26(35)19-29(36)22(24)3/h9-11,14,20-21,26-30,35-37H,3,5-8,12-13,15-19H2,1-2,4H3/t21-,26-,27-,28+,29+,30+,32-/m1/s1. The lowest BCUT2D eigenvalue weighted by Gasteiger charge is -2.44. The first-order valence-corrected chi connectivity index (χ1v) is 15.8. The molecular weight excluding hydrogens is 490 g/mol. The Morgan fingerprint density at radius 1 is 1.18 bits per heavy atom. The zero-order valence-electron chi connectivity index (χ0n) is 23.5. The fourth-order valence-electron chi connectivity index (χ4n) is 7.88. The third-order valence-corrected chi connectivity index (χ3v) is 11.5. The van der Waals surface area contributed by atoms with Crippen LogP contribution in [0.2, 0.25) is 0 Å². The van der Waals surface area contributed by atoms with Gasteiger partial charge in [0.05, 0.1) is 29.4 Å². The van der Waals surface area contributed by atoms with Crippen LogP contribution in [0.25, 0.3) is 0 Å². The molecule has 4 aliphatic rings. The Hall–Kier alpha value is -1.53. The largest absolute Gasteiger partial charge is 0.393 e. The molecule has 0 saturated heterocycles. The minimum atomic E-state index is -0.636. The molecule has 0 radical (unpaired) electrons. The highest BCUT2D eigenvalue weighted by molar-refractivity contribution is 7.09. The Morgan fingerprint density at radius 2 is 1.97 bits per heavy atom. The number of allylic oxidation sites excluding steroid dienone is 4. The molecule has 0 amide bonds. The van der Waals surface area contributed by atoms with Crippen LogP contribution < -0.4 is 0 Å². The van der Waals surface area contributed by atoms with E-state index in [1.54, 1.807) is 11.3 Å². The van der Waals surface area contributed by atoms with Crippen molar-refractivity contribution < 1.29 is 15.3 Å². The monoisotopic (exact) mass is 537 g/mol. The summed E-state index contributed by atoms with van der Waals surface area (Å²) in [6.07, 6.45) is 18.4. The SMILES string of the molecule is C=C1C(=CC=C2CCC[C@]3(C)[C@@H]([C@H](C)C=C[C@H](O)C4(c5nc(CCC)cs5)CC4)CC[C@@H]23)C[C@@H](O)C[C@@H]1O. The predicted octanol–water partition coefficient (Wildman–Crippen LogP) is 6.82. The lowest BCUT2D eigenvalue weighted by molar-refractivity contribution is 0.0862. The summed E-state index contributed by atoms with van der Waals surface area (Å²) < 4.78 is 0. The Balaban J connectivity index is 1.27. The van der Waals surface area contributed by atoms with E-state index in [1.807, 2.05) is 0 Å². The lowest BCUT2D eigenvalue weighted by atomic mass is 9.61. The number of aromatic nitrogens is 1. The zero-order valence-corrected chi connectivity index (χ0v) is 24.3. The van der Waals surface area contributed by atoms with E-state index in [-0.39, 0.29) is 10.8 Å². The summed E-state index contributed by atoms with van der Waals surface area (Å²) in [5, 5.41) is 34.9. The molecule has 1 aromatic rings. The van der Waals surface area contributed by atoms with E-state index in [4.69, 9.17) is 4.98 Å². The number of aryl methyl sites for hydroxylation is 1. The van der Waals surface area contributed by atoms with Gasteiger partial charge >= 0.3 is 0 Å². The molecule has 208 valence electrons. The van der Waals surface area contributed by atoms with Gasteiger partial charge in [-0.25, -0.2) is 4.98 Å². The van der Waals surface area contributed by atoms with Gasteiger partial charge in [0.2, 0.25) is 0 Å². The fourth-order valence-corrected chi connectivity index (χ4v) is 9.03. The topological polar surface area (TPSA) is 73.6 Å². The molecule has 0 aliphatic heterocycles. The maximum absolute atomic E-state index is 11.2. The highest BCUT2D eigenvalue weighted by Gasteiger charge is 2.53. The molecule has 4 nitrogen and oxygen atoms in total. The number of fused-ring (bicyclic) bond motifs is 1. The Bertz CT molecular complexity index is 1110. The first-order chi connectivity index (χ1) is 18.2. The molecule has 7 atom stereocenters. The molecule has 4 fully saturated rings. The van der Waals surface area contributed by atoms with Gasteiger partial charge in [0, 0.05) is 11.8 Å². The van der Waals surface area contributed by atoms with Crippen LogP contribution in [0.15, 0.2) is 53.0 Å². The fraction of sp³-hybridized carbons (Fsp3) is 0.667.